The number of pyridine rings is 1. The van der Waals surface area contributed by atoms with E-state index in [2.05, 4.69) is 55.6 Å². The second-order valence-corrected chi connectivity index (χ2v) is 8.52. The fourth-order valence-corrected chi connectivity index (χ4v) is 4.29. The molecule has 0 unspecified atom stereocenters. The van der Waals surface area contributed by atoms with Crippen LogP contribution >= 0.6 is 11.8 Å². The summed E-state index contributed by atoms with van der Waals surface area (Å²) in [5, 5.41) is 0. The van der Waals surface area contributed by atoms with Crippen molar-refractivity contribution in [1.82, 2.24) is 0 Å². The standard InChI is InChI=1S/C23H42NS/c1-4-6-7-8-9-10-11-12-13-14-15-16-19-25-21-24-18-17-23(5-2)22(3)20-24/h17-18,20H,4-16,19,21H2,1-3H3/q+1. The van der Waals surface area contributed by atoms with Crippen LogP contribution in [0.5, 0.6) is 0 Å². The highest BCUT2D eigenvalue weighted by Crippen LogP contribution is 2.13. The second-order valence-electron chi connectivity index (χ2n) is 7.45. The fraction of sp³-hybridized carbons (Fsp3) is 0.783. The Morgan fingerprint density at radius 1 is 0.800 bits per heavy atom. The third kappa shape index (κ3) is 11.7. The van der Waals surface area contributed by atoms with Crippen LogP contribution < -0.4 is 4.57 Å². The number of hydrogen-bond acceptors (Lipinski definition) is 1. The summed E-state index contributed by atoms with van der Waals surface area (Å²) in [6.07, 6.45) is 22.9. The molecule has 0 bridgehead atoms. The van der Waals surface area contributed by atoms with Gasteiger partial charge >= 0.3 is 0 Å². The largest absolute Gasteiger partial charge is 0.195 e. The van der Waals surface area contributed by atoms with Crippen LogP contribution in [0.15, 0.2) is 18.5 Å². The highest BCUT2D eigenvalue weighted by atomic mass is 32.2. The van der Waals surface area contributed by atoms with Crippen LogP contribution in [0.25, 0.3) is 0 Å². The van der Waals surface area contributed by atoms with E-state index in [9.17, 15) is 0 Å². The summed E-state index contributed by atoms with van der Waals surface area (Å²) in [6, 6.07) is 2.28. The van der Waals surface area contributed by atoms with Crippen molar-refractivity contribution in [3.63, 3.8) is 0 Å². The molecule has 0 radical (unpaired) electrons. The summed E-state index contributed by atoms with van der Waals surface area (Å²) < 4.78 is 2.33. The summed E-state index contributed by atoms with van der Waals surface area (Å²) in [7, 11) is 0. The molecule has 1 rings (SSSR count). The average Bonchev–Trinajstić information content (AvgIpc) is 2.62. The predicted octanol–water partition coefficient (Wildman–Crippen LogP) is 7.24. The van der Waals surface area contributed by atoms with Gasteiger partial charge < -0.3 is 0 Å². The van der Waals surface area contributed by atoms with Gasteiger partial charge in [0.15, 0.2) is 18.3 Å². The minimum absolute atomic E-state index is 1.10. The predicted molar refractivity (Wildman–Crippen MR) is 114 cm³/mol. The number of aromatic nitrogens is 1. The van der Waals surface area contributed by atoms with Gasteiger partial charge in [0, 0.05) is 11.6 Å². The average molecular weight is 365 g/mol. The zero-order valence-corrected chi connectivity index (χ0v) is 18.0. The zero-order chi connectivity index (χ0) is 18.2. The topological polar surface area (TPSA) is 3.88 Å². The molecule has 0 aliphatic heterocycles. The van der Waals surface area contributed by atoms with Crippen molar-refractivity contribution in [3.05, 3.63) is 29.6 Å². The van der Waals surface area contributed by atoms with E-state index in [0.29, 0.717) is 0 Å². The van der Waals surface area contributed by atoms with E-state index in [-0.39, 0.29) is 0 Å². The number of unbranched alkanes of at least 4 members (excludes halogenated alkanes) is 11. The van der Waals surface area contributed by atoms with Gasteiger partial charge in [-0.05, 0) is 31.1 Å². The minimum Gasteiger partial charge on any atom is -0.195 e. The van der Waals surface area contributed by atoms with Crippen LogP contribution in [0.2, 0.25) is 0 Å². The van der Waals surface area contributed by atoms with E-state index >= 15 is 0 Å². The highest BCUT2D eigenvalue weighted by molar-refractivity contribution is 7.98. The van der Waals surface area contributed by atoms with E-state index in [4.69, 9.17) is 0 Å². The molecule has 1 aromatic heterocycles. The molecule has 0 amide bonds. The van der Waals surface area contributed by atoms with Gasteiger partial charge in [0.25, 0.3) is 0 Å². The number of thioether (sulfide) groups is 1. The number of hydrogen-bond donors (Lipinski definition) is 0. The van der Waals surface area contributed by atoms with Crippen LogP contribution in [0.3, 0.4) is 0 Å². The monoisotopic (exact) mass is 364 g/mol. The van der Waals surface area contributed by atoms with Crippen molar-refractivity contribution in [1.29, 1.82) is 0 Å². The minimum atomic E-state index is 1.10. The van der Waals surface area contributed by atoms with E-state index < -0.39 is 0 Å². The van der Waals surface area contributed by atoms with Crippen molar-refractivity contribution in [2.45, 2.75) is 110 Å². The zero-order valence-electron chi connectivity index (χ0n) is 17.2. The normalized spacial score (nSPS) is 11.2. The lowest BCUT2D eigenvalue weighted by molar-refractivity contribution is -0.676. The second kappa shape index (κ2) is 15.7. The quantitative estimate of drug-likeness (QED) is 0.221. The van der Waals surface area contributed by atoms with Gasteiger partial charge in [-0.3, -0.25) is 0 Å². The van der Waals surface area contributed by atoms with E-state index in [1.807, 2.05) is 0 Å². The molecule has 2 heteroatoms. The Kier molecular flexibility index (Phi) is 14.2. The van der Waals surface area contributed by atoms with Gasteiger partial charge in [0.2, 0.25) is 0 Å². The maximum absolute atomic E-state index is 2.33. The molecule has 0 aliphatic carbocycles. The Balaban J connectivity index is 1.87. The van der Waals surface area contributed by atoms with Crippen molar-refractivity contribution in [2.75, 3.05) is 5.75 Å². The Morgan fingerprint density at radius 3 is 1.88 bits per heavy atom. The van der Waals surface area contributed by atoms with Crippen molar-refractivity contribution in [3.8, 4) is 0 Å². The highest BCUT2D eigenvalue weighted by Gasteiger charge is 2.04. The molecule has 0 atom stereocenters. The van der Waals surface area contributed by atoms with Crippen LogP contribution in [-0.4, -0.2) is 5.75 Å². The summed E-state index contributed by atoms with van der Waals surface area (Å²) >= 11 is 2.07. The first kappa shape index (κ1) is 22.5. The molecule has 0 saturated heterocycles. The van der Waals surface area contributed by atoms with E-state index in [1.165, 1.54) is 93.9 Å². The Labute approximate surface area is 162 Å². The van der Waals surface area contributed by atoms with Gasteiger partial charge in [-0.1, -0.05) is 96.2 Å². The number of nitrogens with zero attached hydrogens (tertiary/aromatic N) is 1. The molecule has 0 N–H and O–H groups in total. The molecule has 0 fully saturated rings. The number of rotatable bonds is 16. The van der Waals surface area contributed by atoms with Gasteiger partial charge in [0.1, 0.15) is 0 Å². The lowest BCUT2D eigenvalue weighted by Crippen LogP contribution is -2.32. The molecule has 1 aromatic rings. The van der Waals surface area contributed by atoms with Crippen LogP contribution in [0, 0.1) is 6.92 Å². The molecule has 0 aromatic carbocycles. The summed E-state index contributed by atoms with van der Waals surface area (Å²) in [6.45, 7) is 6.75. The first-order valence-electron chi connectivity index (χ1n) is 10.8. The SMILES string of the molecule is CCCCCCCCCCCCCCSC[n+]1ccc(CC)c(C)c1. The molecule has 25 heavy (non-hydrogen) atoms. The Hall–Kier alpha value is -0.500. The van der Waals surface area contributed by atoms with Gasteiger partial charge in [-0.25, -0.2) is 0 Å². The lowest BCUT2D eigenvalue weighted by Gasteiger charge is -2.04. The van der Waals surface area contributed by atoms with Crippen LogP contribution in [-0.2, 0) is 12.3 Å². The summed E-state index contributed by atoms with van der Waals surface area (Å²) in [4.78, 5) is 0. The third-order valence-electron chi connectivity index (χ3n) is 5.10. The molecule has 0 saturated carbocycles. The third-order valence-corrected chi connectivity index (χ3v) is 6.15. The molecular weight excluding hydrogens is 322 g/mol. The first-order chi connectivity index (χ1) is 12.3. The summed E-state index contributed by atoms with van der Waals surface area (Å²) in [5.74, 6) is 2.40. The van der Waals surface area contributed by atoms with E-state index in [0.717, 1.165) is 12.3 Å². The molecule has 144 valence electrons. The van der Waals surface area contributed by atoms with Crippen molar-refractivity contribution < 1.29 is 4.57 Å². The Bertz CT molecular complexity index is 430. The maximum Gasteiger partial charge on any atom is 0.194 e. The van der Waals surface area contributed by atoms with Crippen LogP contribution in [0.4, 0.5) is 0 Å². The first-order valence-corrected chi connectivity index (χ1v) is 12.0. The maximum atomic E-state index is 2.33. The molecule has 1 nitrogen and oxygen atoms in total. The number of aryl methyl sites for hydroxylation is 2. The van der Waals surface area contributed by atoms with Crippen molar-refractivity contribution >= 4 is 11.8 Å². The molecular formula is C23H42NS+. The Morgan fingerprint density at radius 2 is 1.36 bits per heavy atom. The molecule has 0 aliphatic rings. The van der Waals surface area contributed by atoms with Gasteiger partial charge in [-0.15, -0.1) is 0 Å². The fourth-order valence-electron chi connectivity index (χ4n) is 3.38. The summed E-state index contributed by atoms with van der Waals surface area (Å²) in [5.41, 5.74) is 2.90. The van der Waals surface area contributed by atoms with Crippen LogP contribution in [0.1, 0.15) is 102 Å². The van der Waals surface area contributed by atoms with Gasteiger partial charge in [-0.2, -0.15) is 4.57 Å². The van der Waals surface area contributed by atoms with E-state index in [1.54, 1.807) is 0 Å². The lowest BCUT2D eigenvalue weighted by atomic mass is 10.1. The molecule has 1 heterocycles. The smallest absolute Gasteiger partial charge is 0.194 e. The van der Waals surface area contributed by atoms with Crippen molar-refractivity contribution in [2.24, 2.45) is 0 Å². The molecule has 0 spiro atoms. The van der Waals surface area contributed by atoms with Gasteiger partial charge in [0.05, 0.1) is 0 Å².